The minimum atomic E-state index is 0.536. The SMILES string of the molecule is Cc1cc(-c2nc(C)c(I)c(N)n2)ccc1Br. The van der Waals surface area contributed by atoms with Crippen molar-refractivity contribution in [3.8, 4) is 11.4 Å². The van der Waals surface area contributed by atoms with Crippen LogP contribution in [-0.2, 0) is 0 Å². The fourth-order valence-corrected chi connectivity index (χ4v) is 1.98. The number of rotatable bonds is 1. The summed E-state index contributed by atoms with van der Waals surface area (Å²) in [5.74, 6) is 1.21. The highest BCUT2D eigenvalue weighted by Gasteiger charge is 2.09. The highest BCUT2D eigenvalue weighted by atomic mass is 127. The molecule has 2 aromatic rings. The zero-order valence-electron chi connectivity index (χ0n) is 9.46. The molecular weight excluding hydrogens is 393 g/mol. The van der Waals surface area contributed by atoms with E-state index in [1.54, 1.807) is 0 Å². The van der Waals surface area contributed by atoms with E-state index in [-0.39, 0.29) is 0 Å². The topological polar surface area (TPSA) is 51.8 Å². The number of nitrogens with zero attached hydrogens (tertiary/aromatic N) is 2. The average Bonchev–Trinajstić information content (AvgIpc) is 2.29. The van der Waals surface area contributed by atoms with Crippen molar-refractivity contribution in [1.82, 2.24) is 9.97 Å². The molecule has 0 bridgehead atoms. The van der Waals surface area contributed by atoms with E-state index in [9.17, 15) is 0 Å². The minimum Gasteiger partial charge on any atom is -0.383 e. The van der Waals surface area contributed by atoms with Crippen LogP contribution in [0, 0.1) is 17.4 Å². The maximum absolute atomic E-state index is 5.86. The Morgan fingerprint density at radius 2 is 1.94 bits per heavy atom. The van der Waals surface area contributed by atoms with E-state index in [1.165, 1.54) is 0 Å². The Kier molecular flexibility index (Phi) is 3.67. The maximum atomic E-state index is 5.86. The molecule has 0 amide bonds. The average molecular weight is 404 g/mol. The van der Waals surface area contributed by atoms with E-state index in [2.05, 4.69) is 48.5 Å². The first kappa shape index (κ1) is 12.8. The fraction of sp³-hybridized carbons (Fsp3) is 0.167. The van der Waals surface area contributed by atoms with Gasteiger partial charge in [-0.25, -0.2) is 9.97 Å². The Labute approximate surface area is 122 Å². The quantitative estimate of drug-likeness (QED) is 0.738. The van der Waals surface area contributed by atoms with Crippen LogP contribution in [0.5, 0.6) is 0 Å². The van der Waals surface area contributed by atoms with E-state index >= 15 is 0 Å². The molecule has 0 aliphatic heterocycles. The normalized spacial score (nSPS) is 10.6. The van der Waals surface area contributed by atoms with Gasteiger partial charge in [0.1, 0.15) is 5.82 Å². The first-order valence-electron chi connectivity index (χ1n) is 5.05. The van der Waals surface area contributed by atoms with Crippen molar-refractivity contribution in [2.24, 2.45) is 0 Å². The number of aryl methyl sites for hydroxylation is 2. The summed E-state index contributed by atoms with van der Waals surface area (Å²) in [6.45, 7) is 3.98. The summed E-state index contributed by atoms with van der Waals surface area (Å²) < 4.78 is 2.00. The largest absolute Gasteiger partial charge is 0.383 e. The first-order chi connectivity index (χ1) is 7.99. The molecule has 0 aliphatic rings. The Hall–Kier alpha value is -0.690. The summed E-state index contributed by atoms with van der Waals surface area (Å²) in [4.78, 5) is 8.78. The summed E-state index contributed by atoms with van der Waals surface area (Å²) in [6.07, 6.45) is 0. The summed E-state index contributed by atoms with van der Waals surface area (Å²) in [5.41, 5.74) is 8.91. The van der Waals surface area contributed by atoms with Gasteiger partial charge in [-0.3, -0.25) is 0 Å². The van der Waals surface area contributed by atoms with Gasteiger partial charge in [-0.2, -0.15) is 0 Å². The van der Waals surface area contributed by atoms with E-state index in [0.29, 0.717) is 11.6 Å². The molecule has 2 rings (SSSR count). The first-order valence-corrected chi connectivity index (χ1v) is 6.92. The van der Waals surface area contributed by atoms with Crippen molar-refractivity contribution in [3.63, 3.8) is 0 Å². The number of benzene rings is 1. The van der Waals surface area contributed by atoms with Crippen molar-refractivity contribution in [2.45, 2.75) is 13.8 Å². The lowest BCUT2D eigenvalue weighted by atomic mass is 10.1. The zero-order chi connectivity index (χ0) is 12.6. The molecule has 0 aliphatic carbocycles. The monoisotopic (exact) mass is 403 g/mol. The van der Waals surface area contributed by atoms with Crippen LogP contribution in [0.4, 0.5) is 5.82 Å². The Bertz CT molecular complexity index is 561. The number of aromatic nitrogens is 2. The molecule has 0 spiro atoms. The number of anilines is 1. The molecule has 0 saturated carbocycles. The van der Waals surface area contributed by atoms with Crippen molar-refractivity contribution in [2.75, 3.05) is 5.73 Å². The van der Waals surface area contributed by atoms with Crippen molar-refractivity contribution < 1.29 is 0 Å². The molecule has 0 saturated heterocycles. The third-order valence-electron chi connectivity index (χ3n) is 2.46. The summed E-state index contributed by atoms with van der Waals surface area (Å²) in [5, 5.41) is 0. The van der Waals surface area contributed by atoms with Crippen molar-refractivity contribution >= 4 is 44.3 Å². The lowest BCUT2D eigenvalue weighted by Crippen LogP contribution is -2.02. The van der Waals surface area contributed by atoms with Crippen molar-refractivity contribution in [1.29, 1.82) is 0 Å². The molecule has 0 unspecified atom stereocenters. The number of halogens is 2. The zero-order valence-corrected chi connectivity index (χ0v) is 13.2. The van der Waals surface area contributed by atoms with Crippen LogP contribution in [0.3, 0.4) is 0 Å². The summed E-state index contributed by atoms with van der Waals surface area (Å²) in [7, 11) is 0. The van der Waals surface area contributed by atoms with Crippen LogP contribution in [-0.4, -0.2) is 9.97 Å². The highest BCUT2D eigenvalue weighted by molar-refractivity contribution is 14.1. The van der Waals surface area contributed by atoms with Crippen LogP contribution in [0.25, 0.3) is 11.4 Å². The Morgan fingerprint density at radius 3 is 2.53 bits per heavy atom. The highest BCUT2D eigenvalue weighted by Crippen LogP contribution is 2.25. The molecular formula is C12H11BrIN3. The van der Waals surface area contributed by atoms with Gasteiger partial charge in [0, 0.05) is 10.0 Å². The molecule has 5 heteroatoms. The van der Waals surface area contributed by atoms with Crippen LogP contribution in [0.1, 0.15) is 11.3 Å². The number of hydrogen-bond acceptors (Lipinski definition) is 3. The van der Waals surface area contributed by atoms with Crippen LogP contribution < -0.4 is 5.73 Å². The molecule has 1 heterocycles. The van der Waals surface area contributed by atoms with Gasteiger partial charge in [0.25, 0.3) is 0 Å². The molecule has 2 N–H and O–H groups in total. The molecule has 0 atom stereocenters. The van der Waals surface area contributed by atoms with Gasteiger partial charge in [-0.1, -0.05) is 22.0 Å². The summed E-state index contributed by atoms with van der Waals surface area (Å²) >= 11 is 5.64. The molecule has 3 nitrogen and oxygen atoms in total. The lowest BCUT2D eigenvalue weighted by Gasteiger charge is -2.07. The smallest absolute Gasteiger partial charge is 0.161 e. The Balaban J connectivity index is 2.57. The van der Waals surface area contributed by atoms with Gasteiger partial charge in [0.2, 0.25) is 0 Å². The number of nitrogen functional groups attached to an aromatic ring is 1. The van der Waals surface area contributed by atoms with Gasteiger partial charge < -0.3 is 5.73 Å². The van der Waals surface area contributed by atoms with Gasteiger partial charge in [0.15, 0.2) is 5.82 Å². The van der Waals surface area contributed by atoms with E-state index < -0.39 is 0 Å². The van der Waals surface area contributed by atoms with Crippen molar-refractivity contribution in [3.05, 3.63) is 37.5 Å². The standard InChI is InChI=1S/C12H11BrIN3/c1-6-5-8(3-4-9(6)13)12-16-7(2)10(14)11(15)17-12/h3-5H,1-2H3,(H2,15,16,17). The van der Waals surface area contributed by atoms with Crippen LogP contribution >= 0.6 is 38.5 Å². The molecule has 0 radical (unpaired) electrons. The molecule has 17 heavy (non-hydrogen) atoms. The van der Waals surface area contributed by atoms with Crippen LogP contribution in [0.15, 0.2) is 22.7 Å². The lowest BCUT2D eigenvalue weighted by molar-refractivity contribution is 1.10. The maximum Gasteiger partial charge on any atom is 0.161 e. The predicted molar refractivity (Wildman–Crippen MR) is 81.8 cm³/mol. The summed E-state index contributed by atoms with van der Waals surface area (Å²) in [6, 6.07) is 6.03. The van der Waals surface area contributed by atoms with E-state index in [4.69, 9.17) is 5.73 Å². The number of hydrogen-bond donors (Lipinski definition) is 1. The molecule has 0 fully saturated rings. The van der Waals surface area contributed by atoms with Gasteiger partial charge in [-0.15, -0.1) is 0 Å². The van der Waals surface area contributed by atoms with Gasteiger partial charge >= 0.3 is 0 Å². The Morgan fingerprint density at radius 1 is 1.24 bits per heavy atom. The molecule has 1 aromatic heterocycles. The third-order valence-corrected chi connectivity index (χ3v) is 4.68. The molecule has 88 valence electrons. The molecule has 1 aromatic carbocycles. The third kappa shape index (κ3) is 2.60. The predicted octanol–water partition coefficient (Wildman–Crippen LogP) is 3.71. The second kappa shape index (κ2) is 4.89. The van der Waals surface area contributed by atoms with Gasteiger partial charge in [0.05, 0.1) is 9.26 Å². The number of nitrogens with two attached hydrogens (primary N) is 1. The second-order valence-electron chi connectivity index (χ2n) is 3.80. The van der Waals surface area contributed by atoms with Crippen LogP contribution in [0.2, 0.25) is 0 Å². The minimum absolute atomic E-state index is 0.536. The van der Waals surface area contributed by atoms with E-state index in [0.717, 1.165) is 24.9 Å². The fourth-order valence-electron chi connectivity index (χ4n) is 1.49. The van der Waals surface area contributed by atoms with Gasteiger partial charge in [-0.05, 0) is 54.1 Å². The second-order valence-corrected chi connectivity index (χ2v) is 5.73. The van der Waals surface area contributed by atoms with E-state index in [1.807, 2.05) is 32.0 Å².